The number of hydrogen-bond acceptors (Lipinski definition) is 4. The molecule has 0 saturated carbocycles. The van der Waals surface area contributed by atoms with Gasteiger partial charge in [0.2, 0.25) is 0 Å². The first-order chi connectivity index (χ1) is 12.7. The van der Waals surface area contributed by atoms with Gasteiger partial charge >= 0.3 is 6.18 Å². The van der Waals surface area contributed by atoms with Crippen LogP contribution in [0.4, 0.5) is 18.9 Å². The number of carbonyl (C=O) groups is 1. The second-order valence-corrected chi connectivity index (χ2v) is 6.78. The minimum absolute atomic E-state index is 0.127. The van der Waals surface area contributed by atoms with E-state index in [9.17, 15) is 18.0 Å². The maximum absolute atomic E-state index is 13.0. The van der Waals surface area contributed by atoms with Gasteiger partial charge in [-0.3, -0.25) is 4.79 Å². The van der Waals surface area contributed by atoms with Gasteiger partial charge in [0, 0.05) is 4.47 Å². The molecule has 0 saturated heterocycles. The lowest BCUT2D eigenvalue weighted by Gasteiger charge is -2.13. The minimum atomic E-state index is -4.65. The quantitative estimate of drug-likeness (QED) is 0.572. The Bertz CT molecular complexity index is 1010. The summed E-state index contributed by atoms with van der Waals surface area (Å²) in [6.45, 7) is 0. The third-order valence-corrected chi connectivity index (χ3v) is 4.54. The fourth-order valence-corrected chi connectivity index (χ4v) is 3.30. The number of aromatic nitrogens is 4. The summed E-state index contributed by atoms with van der Waals surface area (Å²) < 4.78 is 38.8. The first kappa shape index (κ1) is 19.6. The molecular weight excluding hydrogens is 474 g/mol. The van der Waals surface area contributed by atoms with Crippen LogP contribution in [0.15, 0.2) is 41.3 Å². The number of nitrogens with one attached hydrogen (secondary N) is 1. The Balaban J connectivity index is 1.89. The number of carbonyl (C=O) groups excluding carboxylic acids is 1. The van der Waals surface area contributed by atoms with Gasteiger partial charge in [0.1, 0.15) is 0 Å². The molecule has 0 atom stereocenters. The van der Waals surface area contributed by atoms with Gasteiger partial charge in [0.15, 0.2) is 5.82 Å². The largest absolute Gasteiger partial charge is 0.417 e. The fraction of sp³-hybridized carbons (Fsp3) is 0.0667. The smallest absolute Gasteiger partial charge is 0.320 e. The molecule has 12 heteroatoms. The molecule has 1 N–H and O–H groups in total. The summed E-state index contributed by atoms with van der Waals surface area (Å²) in [7, 11) is 0. The lowest BCUT2D eigenvalue weighted by Crippen LogP contribution is -2.15. The number of halogens is 6. The van der Waals surface area contributed by atoms with E-state index < -0.39 is 17.6 Å². The maximum atomic E-state index is 13.0. The average molecular weight is 481 g/mol. The number of pyridine rings is 1. The fourth-order valence-electron chi connectivity index (χ4n) is 2.11. The van der Waals surface area contributed by atoms with Gasteiger partial charge < -0.3 is 5.32 Å². The van der Waals surface area contributed by atoms with Crippen molar-refractivity contribution in [2.45, 2.75) is 6.18 Å². The highest BCUT2D eigenvalue weighted by atomic mass is 79.9. The minimum Gasteiger partial charge on any atom is -0.320 e. The van der Waals surface area contributed by atoms with Gasteiger partial charge in [0.05, 0.1) is 45.5 Å². The molecule has 0 unspecified atom stereocenters. The van der Waals surface area contributed by atoms with Crippen LogP contribution < -0.4 is 5.32 Å². The number of rotatable bonds is 3. The zero-order valence-electron chi connectivity index (χ0n) is 12.9. The molecule has 0 aliphatic carbocycles. The predicted octanol–water partition coefficient (Wildman–Crippen LogP) is 5.00. The van der Waals surface area contributed by atoms with Crippen molar-refractivity contribution in [3.05, 3.63) is 62.4 Å². The molecule has 1 aromatic carbocycles. The Hall–Kier alpha value is -2.17. The standard InChI is InChI=1S/C15H7BrCl2F3N5O/c16-10-5-11(17)8(4-9(10)15(19,20)21)14(27)25-7-3-12(18)13(22-6-7)26-23-1-2-24-26/h1-6H,(H,25,27). The molecule has 3 aromatic rings. The van der Waals surface area contributed by atoms with Crippen molar-refractivity contribution in [2.24, 2.45) is 0 Å². The molecule has 6 nitrogen and oxygen atoms in total. The SMILES string of the molecule is O=C(Nc1cnc(-n2nccn2)c(Cl)c1)c1cc(C(F)(F)F)c(Br)cc1Cl. The van der Waals surface area contributed by atoms with Crippen LogP contribution in [0.1, 0.15) is 15.9 Å². The van der Waals surface area contributed by atoms with Gasteiger partial charge in [0.25, 0.3) is 5.91 Å². The van der Waals surface area contributed by atoms with Crippen LogP contribution in [0.25, 0.3) is 5.82 Å². The maximum Gasteiger partial charge on any atom is 0.417 e. The lowest BCUT2D eigenvalue weighted by molar-refractivity contribution is -0.138. The highest BCUT2D eigenvalue weighted by Crippen LogP contribution is 2.38. The normalized spacial score (nSPS) is 11.5. The molecule has 0 aliphatic heterocycles. The number of nitrogens with zero attached hydrogens (tertiary/aromatic N) is 4. The first-order valence-electron chi connectivity index (χ1n) is 7.06. The van der Waals surface area contributed by atoms with Crippen LogP contribution in [-0.4, -0.2) is 25.9 Å². The second kappa shape index (κ2) is 7.45. The van der Waals surface area contributed by atoms with Crippen molar-refractivity contribution in [1.29, 1.82) is 0 Å². The van der Waals surface area contributed by atoms with Gasteiger partial charge in [-0.15, -0.1) is 4.80 Å². The van der Waals surface area contributed by atoms with E-state index in [1.165, 1.54) is 29.5 Å². The number of anilines is 1. The van der Waals surface area contributed by atoms with Crippen LogP contribution in [0.5, 0.6) is 0 Å². The number of alkyl halides is 3. The molecule has 2 heterocycles. The first-order valence-corrected chi connectivity index (χ1v) is 8.61. The van der Waals surface area contributed by atoms with E-state index in [4.69, 9.17) is 23.2 Å². The zero-order chi connectivity index (χ0) is 19.8. The average Bonchev–Trinajstić information content (AvgIpc) is 3.07. The molecule has 2 aromatic heterocycles. The van der Waals surface area contributed by atoms with E-state index in [2.05, 4.69) is 36.4 Å². The number of hydrogen-bond donors (Lipinski definition) is 1. The van der Waals surface area contributed by atoms with Crippen LogP contribution in [-0.2, 0) is 6.18 Å². The van der Waals surface area contributed by atoms with E-state index in [1.807, 2.05) is 0 Å². The Morgan fingerprint density at radius 3 is 2.37 bits per heavy atom. The molecule has 27 heavy (non-hydrogen) atoms. The summed E-state index contributed by atoms with van der Waals surface area (Å²) in [5.74, 6) is -0.624. The summed E-state index contributed by atoms with van der Waals surface area (Å²) in [5.41, 5.74) is -1.21. The summed E-state index contributed by atoms with van der Waals surface area (Å²) >= 11 is 14.8. The monoisotopic (exact) mass is 479 g/mol. The Morgan fingerprint density at radius 2 is 1.78 bits per heavy atom. The van der Waals surface area contributed by atoms with Crippen molar-refractivity contribution >= 4 is 50.7 Å². The van der Waals surface area contributed by atoms with Gasteiger partial charge in [-0.05, 0) is 18.2 Å². The van der Waals surface area contributed by atoms with Crippen LogP contribution in [0, 0.1) is 0 Å². The zero-order valence-corrected chi connectivity index (χ0v) is 16.0. The number of amides is 1. The molecule has 0 radical (unpaired) electrons. The Kier molecular flexibility index (Phi) is 5.41. The summed E-state index contributed by atoms with van der Waals surface area (Å²) in [5, 5.41) is 10.1. The number of benzene rings is 1. The van der Waals surface area contributed by atoms with E-state index in [0.717, 1.165) is 6.07 Å². The molecule has 0 bridgehead atoms. The molecule has 140 valence electrons. The molecule has 0 spiro atoms. The van der Waals surface area contributed by atoms with E-state index in [0.29, 0.717) is 6.07 Å². The highest BCUT2D eigenvalue weighted by molar-refractivity contribution is 9.10. The summed E-state index contributed by atoms with van der Waals surface area (Å²) in [6.07, 6.45) is -0.523. The third-order valence-electron chi connectivity index (χ3n) is 3.29. The molecule has 0 fully saturated rings. The van der Waals surface area contributed by atoms with E-state index in [1.54, 1.807) is 0 Å². The topological polar surface area (TPSA) is 72.7 Å². The van der Waals surface area contributed by atoms with Gasteiger partial charge in [-0.1, -0.05) is 39.1 Å². The summed E-state index contributed by atoms with van der Waals surface area (Å²) in [4.78, 5) is 17.6. The Morgan fingerprint density at radius 1 is 1.11 bits per heavy atom. The third kappa shape index (κ3) is 4.23. The summed E-state index contributed by atoms with van der Waals surface area (Å²) in [6, 6.07) is 3.04. The second-order valence-electron chi connectivity index (χ2n) is 5.11. The lowest BCUT2D eigenvalue weighted by atomic mass is 10.1. The van der Waals surface area contributed by atoms with Crippen molar-refractivity contribution in [3.63, 3.8) is 0 Å². The molecule has 3 rings (SSSR count). The molecule has 0 aliphatic rings. The van der Waals surface area contributed by atoms with Crippen LogP contribution >= 0.6 is 39.1 Å². The van der Waals surface area contributed by atoms with E-state index >= 15 is 0 Å². The highest BCUT2D eigenvalue weighted by Gasteiger charge is 2.34. The Labute approximate surface area is 168 Å². The van der Waals surface area contributed by atoms with Crippen LogP contribution in [0.2, 0.25) is 10.0 Å². The van der Waals surface area contributed by atoms with Crippen molar-refractivity contribution in [1.82, 2.24) is 20.0 Å². The van der Waals surface area contributed by atoms with Crippen LogP contribution in [0.3, 0.4) is 0 Å². The van der Waals surface area contributed by atoms with Crippen molar-refractivity contribution in [2.75, 3.05) is 5.32 Å². The van der Waals surface area contributed by atoms with Crippen molar-refractivity contribution < 1.29 is 18.0 Å². The predicted molar refractivity (Wildman–Crippen MR) is 96.3 cm³/mol. The van der Waals surface area contributed by atoms with Gasteiger partial charge in [-0.2, -0.15) is 23.4 Å². The van der Waals surface area contributed by atoms with E-state index in [-0.39, 0.29) is 31.6 Å². The van der Waals surface area contributed by atoms with Crippen molar-refractivity contribution in [3.8, 4) is 5.82 Å². The molecular formula is C15H7BrCl2F3N5O. The molecule has 1 amide bonds. The van der Waals surface area contributed by atoms with Gasteiger partial charge in [-0.25, -0.2) is 4.98 Å².